The fourth-order valence-electron chi connectivity index (χ4n) is 1.82. The van der Waals surface area contributed by atoms with Crippen molar-refractivity contribution in [2.75, 3.05) is 19.7 Å². The predicted octanol–water partition coefficient (Wildman–Crippen LogP) is 0.834. The molecule has 16 heavy (non-hydrogen) atoms. The van der Waals surface area contributed by atoms with Crippen molar-refractivity contribution in [2.24, 2.45) is 5.41 Å². The minimum absolute atomic E-state index is 0.113. The molecule has 6 heteroatoms. The van der Waals surface area contributed by atoms with Crippen molar-refractivity contribution in [3.8, 4) is 0 Å². The quantitative estimate of drug-likeness (QED) is 0.704. The van der Waals surface area contributed by atoms with Crippen molar-refractivity contribution < 1.29 is 19.5 Å². The van der Waals surface area contributed by atoms with Crippen LogP contribution >= 0.6 is 0 Å². The molecular weight excluding hydrogens is 212 g/mol. The number of hydrogen-bond acceptors (Lipinski definition) is 3. The third-order valence-corrected chi connectivity index (χ3v) is 2.54. The van der Waals surface area contributed by atoms with Crippen LogP contribution in [0.3, 0.4) is 0 Å². The third kappa shape index (κ3) is 4.06. The molecule has 0 aromatic carbocycles. The summed E-state index contributed by atoms with van der Waals surface area (Å²) >= 11 is 0. The highest BCUT2D eigenvalue weighted by atomic mass is 16.7. The molecule has 1 heterocycles. The molecule has 2 amide bonds. The molecule has 0 spiro atoms. The lowest BCUT2D eigenvalue weighted by Gasteiger charge is -2.37. The molecule has 1 fully saturated rings. The summed E-state index contributed by atoms with van der Waals surface area (Å²) < 4.78 is 0. The smallest absolute Gasteiger partial charge is 0.341 e. The molecule has 1 aliphatic rings. The van der Waals surface area contributed by atoms with Crippen LogP contribution in [0.2, 0.25) is 0 Å². The second-order valence-corrected chi connectivity index (χ2v) is 4.78. The molecule has 1 rings (SSSR count). The van der Waals surface area contributed by atoms with Gasteiger partial charge in [0, 0.05) is 13.1 Å². The van der Waals surface area contributed by atoms with Crippen LogP contribution in [0.5, 0.6) is 0 Å². The van der Waals surface area contributed by atoms with E-state index in [9.17, 15) is 9.59 Å². The average Bonchev–Trinajstić information content (AvgIpc) is 2.15. The van der Waals surface area contributed by atoms with Gasteiger partial charge in [0.2, 0.25) is 0 Å². The van der Waals surface area contributed by atoms with Gasteiger partial charge in [0.15, 0.2) is 6.61 Å². The monoisotopic (exact) mass is 230 g/mol. The van der Waals surface area contributed by atoms with E-state index in [1.165, 1.54) is 0 Å². The van der Waals surface area contributed by atoms with Gasteiger partial charge >= 0.3 is 12.0 Å². The summed E-state index contributed by atoms with van der Waals surface area (Å²) in [7, 11) is 0. The number of nitrogens with zero attached hydrogens (tertiary/aromatic N) is 1. The van der Waals surface area contributed by atoms with Crippen LogP contribution in [0.25, 0.3) is 0 Å². The number of carbonyl (C=O) groups is 2. The molecule has 6 nitrogen and oxygen atoms in total. The Morgan fingerprint density at radius 1 is 1.50 bits per heavy atom. The van der Waals surface area contributed by atoms with E-state index in [0.29, 0.717) is 13.1 Å². The molecule has 92 valence electrons. The maximum Gasteiger partial charge on any atom is 0.341 e. The predicted molar refractivity (Wildman–Crippen MR) is 56.7 cm³/mol. The number of hydroxylamine groups is 1. The summed E-state index contributed by atoms with van der Waals surface area (Å²) in [5, 5.41) is 8.33. The highest BCUT2D eigenvalue weighted by Crippen LogP contribution is 2.28. The largest absolute Gasteiger partial charge is 0.479 e. The topological polar surface area (TPSA) is 78.9 Å². The summed E-state index contributed by atoms with van der Waals surface area (Å²) in [4.78, 5) is 27.9. The number of likely N-dealkylation sites (tertiary alicyclic amines) is 1. The highest BCUT2D eigenvalue weighted by Gasteiger charge is 2.29. The van der Waals surface area contributed by atoms with Crippen molar-refractivity contribution in [1.82, 2.24) is 10.4 Å². The number of piperidine rings is 1. The van der Waals surface area contributed by atoms with Crippen LogP contribution in [0.4, 0.5) is 4.79 Å². The lowest BCUT2D eigenvalue weighted by molar-refractivity contribution is -0.144. The maximum atomic E-state index is 11.6. The zero-order valence-corrected chi connectivity index (χ0v) is 9.65. The Bertz CT molecular complexity index is 278. The van der Waals surface area contributed by atoms with Crippen LogP contribution < -0.4 is 5.48 Å². The minimum Gasteiger partial charge on any atom is -0.479 e. The van der Waals surface area contributed by atoms with Gasteiger partial charge in [-0.1, -0.05) is 13.8 Å². The second kappa shape index (κ2) is 5.16. The van der Waals surface area contributed by atoms with E-state index in [2.05, 4.69) is 24.2 Å². The molecule has 0 aliphatic carbocycles. The van der Waals surface area contributed by atoms with Crippen molar-refractivity contribution in [2.45, 2.75) is 26.7 Å². The first kappa shape index (κ1) is 12.8. The maximum absolute atomic E-state index is 11.6. The Kier molecular flexibility index (Phi) is 4.12. The fraction of sp³-hybridized carbons (Fsp3) is 0.800. The van der Waals surface area contributed by atoms with Crippen LogP contribution in [0.15, 0.2) is 0 Å². The Morgan fingerprint density at radius 3 is 2.75 bits per heavy atom. The number of amides is 2. The first-order chi connectivity index (χ1) is 7.41. The summed E-state index contributed by atoms with van der Waals surface area (Å²) in [5.74, 6) is -1.11. The first-order valence-electron chi connectivity index (χ1n) is 5.29. The number of nitrogens with one attached hydrogen (secondary N) is 1. The number of hydrogen-bond donors (Lipinski definition) is 2. The summed E-state index contributed by atoms with van der Waals surface area (Å²) in [5.41, 5.74) is 2.24. The molecular formula is C10H18N2O4. The molecule has 0 radical (unpaired) electrons. The molecule has 0 aromatic heterocycles. The fourth-order valence-corrected chi connectivity index (χ4v) is 1.82. The van der Waals surface area contributed by atoms with Crippen LogP contribution in [0, 0.1) is 5.41 Å². The Labute approximate surface area is 94.5 Å². The number of carbonyl (C=O) groups excluding carboxylic acids is 1. The van der Waals surface area contributed by atoms with E-state index in [4.69, 9.17) is 5.11 Å². The number of aliphatic carboxylic acids is 1. The van der Waals surface area contributed by atoms with E-state index >= 15 is 0 Å². The van der Waals surface area contributed by atoms with E-state index in [1.54, 1.807) is 4.90 Å². The molecule has 0 atom stereocenters. The van der Waals surface area contributed by atoms with Crippen LogP contribution in [-0.2, 0) is 9.63 Å². The zero-order chi connectivity index (χ0) is 12.2. The lowest BCUT2D eigenvalue weighted by atomic mass is 9.84. The summed E-state index contributed by atoms with van der Waals surface area (Å²) in [6.07, 6.45) is 2.05. The van der Waals surface area contributed by atoms with Crippen molar-refractivity contribution >= 4 is 12.0 Å². The average molecular weight is 230 g/mol. The third-order valence-electron chi connectivity index (χ3n) is 2.54. The van der Waals surface area contributed by atoms with Gasteiger partial charge in [-0.05, 0) is 18.3 Å². The van der Waals surface area contributed by atoms with Gasteiger partial charge in [-0.3, -0.25) is 4.84 Å². The minimum atomic E-state index is -1.11. The number of carboxylic acid groups (broad SMARTS) is 1. The second-order valence-electron chi connectivity index (χ2n) is 4.78. The molecule has 0 saturated carbocycles. The van der Waals surface area contributed by atoms with Crippen molar-refractivity contribution in [1.29, 1.82) is 0 Å². The Morgan fingerprint density at radius 2 is 2.19 bits per heavy atom. The number of carboxylic acids is 1. The molecule has 0 aromatic rings. The van der Waals surface area contributed by atoms with Gasteiger partial charge in [-0.15, -0.1) is 0 Å². The summed E-state index contributed by atoms with van der Waals surface area (Å²) in [6.45, 7) is 5.03. The molecule has 2 N–H and O–H groups in total. The standard InChI is InChI=1S/C10H18N2O4/c1-10(2)4-3-5-12(7-10)9(15)11-16-6-8(13)14/h3-7H2,1-2H3,(H,11,15)(H,13,14). The van der Waals surface area contributed by atoms with Crippen LogP contribution in [0.1, 0.15) is 26.7 Å². The SMILES string of the molecule is CC1(C)CCCN(C(=O)NOCC(=O)O)C1. The Hall–Kier alpha value is -1.30. The Balaban J connectivity index is 2.33. The lowest BCUT2D eigenvalue weighted by Crippen LogP contribution is -2.48. The summed E-state index contributed by atoms with van der Waals surface area (Å²) in [6, 6.07) is -0.367. The molecule has 1 aliphatic heterocycles. The molecule has 0 bridgehead atoms. The normalized spacial score (nSPS) is 19.2. The molecule has 1 saturated heterocycles. The van der Waals surface area contributed by atoms with Gasteiger partial charge in [0.25, 0.3) is 0 Å². The van der Waals surface area contributed by atoms with Gasteiger partial charge in [-0.25, -0.2) is 15.1 Å². The van der Waals surface area contributed by atoms with E-state index in [0.717, 1.165) is 12.8 Å². The van der Waals surface area contributed by atoms with Crippen LogP contribution in [-0.4, -0.2) is 41.7 Å². The number of urea groups is 1. The van der Waals surface area contributed by atoms with Gasteiger partial charge in [0.1, 0.15) is 0 Å². The van der Waals surface area contributed by atoms with Gasteiger partial charge < -0.3 is 10.0 Å². The van der Waals surface area contributed by atoms with Crippen molar-refractivity contribution in [3.63, 3.8) is 0 Å². The van der Waals surface area contributed by atoms with Gasteiger partial charge in [-0.2, -0.15) is 0 Å². The van der Waals surface area contributed by atoms with E-state index < -0.39 is 12.6 Å². The van der Waals surface area contributed by atoms with Gasteiger partial charge in [0.05, 0.1) is 0 Å². The first-order valence-corrected chi connectivity index (χ1v) is 5.29. The highest BCUT2D eigenvalue weighted by molar-refractivity contribution is 5.73. The van der Waals surface area contributed by atoms with E-state index in [-0.39, 0.29) is 11.4 Å². The number of rotatable bonds is 3. The van der Waals surface area contributed by atoms with Crippen molar-refractivity contribution in [3.05, 3.63) is 0 Å². The molecule has 0 unspecified atom stereocenters. The van der Waals surface area contributed by atoms with E-state index in [1.807, 2.05) is 0 Å². The zero-order valence-electron chi connectivity index (χ0n) is 9.65.